The first kappa shape index (κ1) is 21.7. The van der Waals surface area contributed by atoms with Gasteiger partial charge < -0.3 is 15.4 Å². The summed E-state index contributed by atoms with van der Waals surface area (Å²) < 4.78 is 5.62. The van der Waals surface area contributed by atoms with E-state index < -0.39 is 6.04 Å². The molecule has 1 aromatic heterocycles. The van der Waals surface area contributed by atoms with Gasteiger partial charge in [-0.05, 0) is 30.5 Å². The highest BCUT2D eigenvalue weighted by molar-refractivity contribution is 6.33. The van der Waals surface area contributed by atoms with Gasteiger partial charge in [0.05, 0.1) is 17.2 Å². The third kappa shape index (κ3) is 5.96. The van der Waals surface area contributed by atoms with Gasteiger partial charge in [0.25, 0.3) is 5.91 Å². The average molecular weight is 404 g/mol. The molecule has 1 unspecified atom stereocenters. The molecule has 2 N–H and O–H groups in total. The quantitative estimate of drug-likeness (QED) is 0.670. The van der Waals surface area contributed by atoms with E-state index in [0.29, 0.717) is 23.1 Å². The van der Waals surface area contributed by atoms with E-state index in [1.54, 1.807) is 36.5 Å². The Morgan fingerprint density at radius 1 is 1.18 bits per heavy atom. The zero-order valence-corrected chi connectivity index (χ0v) is 17.1. The second-order valence-electron chi connectivity index (χ2n) is 6.71. The van der Waals surface area contributed by atoms with Crippen LogP contribution in [0, 0.1) is 5.92 Å². The van der Waals surface area contributed by atoms with Gasteiger partial charge in [0.15, 0.2) is 0 Å². The molecular weight excluding hydrogens is 378 g/mol. The van der Waals surface area contributed by atoms with Crippen molar-refractivity contribution in [2.24, 2.45) is 5.92 Å². The highest BCUT2D eigenvalue weighted by Gasteiger charge is 2.25. The zero-order valence-electron chi connectivity index (χ0n) is 16.4. The van der Waals surface area contributed by atoms with Crippen LogP contribution in [0.5, 0.6) is 5.88 Å². The number of pyridine rings is 1. The van der Waals surface area contributed by atoms with Gasteiger partial charge in [0.1, 0.15) is 6.04 Å². The Morgan fingerprint density at radius 3 is 2.61 bits per heavy atom. The van der Waals surface area contributed by atoms with Crippen LogP contribution in [0.4, 0.5) is 0 Å². The number of carbonyl (C=O) groups excluding carboxylic acids is 2. The normalized spacial score (nSPS) is 11.8. The maximum atomic E-state index is 12.7. The van der Waals surface area contributed by atoms with E-state index >= 15 is 0 Å². The van der Waals surface area contributed by atoms with Crippen molar-refractivity contribution in [3.8, 4) is 5.88 Å². The fourth-order valence-electron chi connectivity index (χ4n) is 2.58. The van der Waals surface area contributed by atoms with Crippen LogP contribution in [0.15, 0.2) is 42.6 Å². The zero-order chi connectivity index (χ0) is 20.5. The van der Waals surface area contributed by atoms with E-state index in [4.69, 9.17) is 16.3 Å². The number of nitrogens with one attached hydrogen (secondary N) is 2. The van der Waals surface area contributed by atoms with Gasteiger partial charge >= 0.3 is 0 Å². The summed E-state index contributed by atoms with van der Waals surface area (Å²) in [7, 11) is 0. The Bertz CT molecular complexity index is 811. The van der Waals surface area contributed by atoms with Gasteiger partial charge in [-0.2, -0.15) is 0 Å². The van der Waals surface area contributed by atoms with Crippen LogP contribution in [0.2, 0.25) is 5.02 Å². The average Bonchev–Trinajstić information content (AvgIpc) is 2.69. The summed E-state index contributed by atoms with van der Waals surface area (Å²) in [5.41, 5.74) is 1.12. The molecule has 0 saturated heterocycles. The first-order chi connectivity index (χ1) is 13.4. The number of benzene rings is 1. The number of halogens is 1. The van der Waals surface area contributed by atoms with Crippen LogP contribution in [-0.4, -0.2) is 29.4 Å². The fourth-order valence-corrected chi connectivity index (χ4v) is 2.80. The molecular formula is C21H26ClN3O3. The molecule has 7 heteroatoms. The van der Waals surface area contributed by atoms with Gasteiger partial charge in [-0.3, -0.25) is 9.59 Å². The van der Waals surface area contributed by atoms with E-state index in [1.165, 1.54) is 0 Å². The summed E-state index contributed by atoms with van der Waals surface area (Å²) in [6.45, 7) is 6.57. The monoisotopic (exact) mass is 403 g/mol. The van der Waals surface area contributed by atoms with E-state index in [-0.39, 0.29) is 24.3 Å². The van der Waals surface area contributed by atoms with Gasteiger partial charge in [0.2, 0.25) is 11.8 Å². The van der Waals surface area contributed by atoms with Crippen molar-refractivity contribution >= 4 is 23.4 Å². The van der Waals surface area contributed by atoms with Crippen LogP contribution < -0.4 is 15.4 Å². The summed E-state index contributed by atoms with van der Waals surface area (Å²) in [4.78, 5) is 29.5. The summed E-state index contributed by atoms with van der Waals surface area (Å²) >= 11 is 6.08. The van der Waals surface area contributed by atoms with Gasteiger partial charge in [-0.1, -0.05) is 50.6 Å². The number of rotatable bonds is 9. The summed E-state index contributed by atoms with van der Waals surface area (Å²) in [5.74, 6) is -0.254. The molecule has 2 amide bonds. The first-order valence-electron chi connectivity index (χ1n) is 9.33. The second kappa shape index (κ2) is 10.7. The van der Waals surface area contributed by atoms with Crippen molar-refractivity contribution in [1.82, 2.24) is 15.6 Å². The summed E-state index contributed by atoms with van der Waals surface area (Å²) in [6.07, 6.45) is 2.52. The summed E-state index contributed by atoms with van der Waals surface area (Å²) in [6, 6.07) is 9.69. The number of nitrogens with zero attached hydrogens (tertiary/aromatic N) is 1. The predicted molar refractivity (Wildman–Crippen MR) is 109 cm³/mol. The maximum Gasteiger partial charge on any atom is 0.253 e. The molecule has 1 aromatic carbocycles. The van der Waals surface area contributed by atoms with Crippen LogP contribution in [-0.2, 0) is 11.3 Å². The van der Waals surface area contributed by atoms with Crippen molar-refractivity contribution in [2.75, 3.05) is 6.61 Å². The largest absolute Gasteiger partial charge is 0.477 e. The lowest BCUT2D eigenvalue weighted by Gasteiger charge is -2.22. The molecule has 2 aromatic rings. The Kier molecular flexibility index (Phi) is 8.26. The van der Waals surface area contributed by atoms with E-state index in [0.717, 1.165) is 12.0 Å². The molecule has 0 radical (unpaired) electrons. The fraction of sp³-hybridized carbons (Fsp3) is 0.381. The molecule has 0 fully saturated rings. The highest BCUT2D eigenvalue weighted by atomic mass is 35.5. The maximum absolute atomic E-state index is 12.7. The minimum absolute atomic E-state index is 0.101. The molecule has 0 aliphatic rings. The number of hydrogen-bond donors (Lipinski definition) is 2. The number of ether oxygens (including phenoxy) is 1. The van der Waals surface area contributed by atoms with Crippen LogP contribution >= 0.6 is 11.6 Å². The van der Waals surface area contributed by atoms with Gasteiger partial charge in [-0.15, -0.1) is 0 Å². The minimum atomic E-state index is -0.694. The molecule has 1 atom stereocenters. The number of amides is 2. The molecule has 1 heterocycles. The van der Waals surface area contributed by atoms with Crippen LogP contribution in [0.25, 0.3) is 0 Å². The number of aromatic nitrogens is 1. The van der Waals surface area contributed by atoms with Crippen molar-refractivity contribution < 1.29 is 14.3 Å². The minimum Gasteiger partial charge on any atom is -0.477 e. The molecule has 0 bridgehead atoms. The Morgan fingerprint density at radius 2 is 1.93 bits per heavy atom. The molecule has 150 valence electrons. The Hall–Kier alpha value is -2.60. The molecule has 0 aliphatic carbocycles. The van der Waals surface area contributed by atoms with Gasteiger partial charge in [0, 0.05) is 18.3 Å². The lowest BCUT2D eigenvalue weighted by molar-refractivity contribution is -0.124. The topological polar surface area (TPSA) is 80.3 Å². The van der Waals surface area contributed by atoms with Crippen molar-refractivity contribution in [2.45, 2.75) is 39.8 Å². The smallest absolute Gasteiger partial charge is 0.253 e. The van der Waals surface area contributed by atoms with Crippen molar-refractivity contribution in [3.63, 3.8) is 0 Å². The molecule has 0 saturated carbocycles. The molecule has 6 nitrogen and oxygen atoms in total. The lowest BCUT2D eigenvalue weighted by Crippen LogP contribution is -2.49. The van der Waals surface area contributed by atoms with Gasteiger partial charge in [-0.25, -0.2) is 4.98 Å². The third-order valence-corrected chi connectivity index (χ3v) is 4.43. The molecule has 0 spiro atoms. The Labute approximate surface area is 170 Å². The highest BCUT2D eigenvalue weighted by Crippen LogP contribution is 2.16. The van der Waals surface area contributed by atoms with E-state index in [1.807, 2.05) is 26.8 Å². The number of hydrogen-bond acceptors (Lipinski definition) is 4. The molecule has 0 aliphatic heterocycles. The van der Waals surface area contributed by atoms with Crippen LogP contribution in [0.1, 0.15) is 43.1 Å². The molecule has 28 heavy (non-hydrogen) atoms. The van der Waals surface area contributed by atoms with Crippen molar-refractivity contribution in [3.05, 3.63) is 58.7 Å². The second-order valence-corrected chi connectivity index (χ2v) is 7.12. The van der Waals surface area contributed by atoms with Crippen LogP contribution in [0.3, 0.4) is 0 Å². The Balaban J connectivity index is 2.04. The lowest BCUT2D eigenvalue weighted by atomic mass is 10.0. The van der Waals surface area contributed by atoms with E-state index in [9.17, 15) is 9.59 Å². The SMILES string of the molecule is CCCOc1ncccc1CNC(=O)C(NC(=O)c1ccccc1Cl)C(C)C. The standard InChI is InChI=1S/C21H26ClN3O3/c1-4-12-28-21-15(8-7-11-23-21)13-24-20(27)18(14(2)3)25-19(26)16-9-5-6-10-17(16)22/h5-11,14,18H,4,12-13H2,1-3H3,(H,24,27)(H,25,26). The van der Waals surface area contributed by atoms with Crippen molar-refractivity contribution in [1.29, 1.82) is 0 Å². The molecule has 2 rings (SSSR count). The first-order valence-corrected chi connectivity index (χ1v) is 9.71. The third-order valence-electron chi connectivity index (χ3n) is 4.10. The number of carbonyl (C=O) groups is 2. The summed E-state index contributed by atoms with van der Waals surface area (Å²) in [5, 5.41) is 5.98. The van der Waals surface area contributed by atoms with E-state index in [2.05, 4.69) is 15.6 Å². The predicted octanol–water partition coefficient (Wildman–Crippen LogP) is 3.59.